The van der Waals surface area contributed by atoms with Gasteiger partial charge in [-0.25, -0.2) is 0 Å². The summed E-state index contributed by atoms with van der Waals surface area (Å²) in [5, 5.41) is 22.6. The Labute approximate surface area is 177 Å². The molecule has 1 aliphatic carbocycles. The third-order valence-corrected chi connectivity index (χ3v) is 6.18. The summed E-state index contributed by atoms with van der Waals surface area (Å²) in [5.74, 6) is -0.131. The topological polar surface area (TPSA) is 86.9 Å². The molecule has 1 heterocycles. The molecule has 2 aromatic rings. The molecule has 1 N–H and O–H groups in total. The van der Waals surface area contributed by atoms with E-state index in [0.29, 0.717) is 35.1 Å². The average Bonchev–Trinajstić information content (AvgIpc) is 3.21. The number of anilines is 1. The van der Waals surface area contributed by atoms with Crippen molar-refractivity contribution in [1.82, 2.24) is 4.90 Å². The lowest BCUT2D eigenvalue weighted by Crippen LogP contribution is -2.41. The van der Waals surface area contributed by atoms with Crippen LogP contribution in [0.5, 0.6) is 0 Å². The minimum absolute atomic E-state index is 0.0228. The largest absolute Gasteiger partial charge is 0.391 e. The summed E-state index contributed by atoms with van der Waals surface area (Å²) in [4.78, 5) is 26.9. The van der Waals surface area contributed by atoms with Crippen LogP contribution >= 0.6 is 23.2 Å². The molecule has 0 radical (unpaired) electrons. The first-order valence-corrected chi connectivity index (χ1v) is 9.95. The number of fused-ring (bicyclic) bond motifs is 2. The molecule has 2 unspecified atom stereocenters. The Morgan fingerprint density at radius 3 is 2.83 bits per heavy atom. The maximum atomic E-state index is 13.0. The molecule has 9 heteroatoms. The van der Waals surface area contributed by atoms with Gasteiger partial charge in [-0.15, -0.1) is 0 Å². The molecule has 0 saturated carbocycles. The first-order valence-electron chi connectivity index (χ1n) is 9.20. The van der Waals surface area contributed by atoms with E-state index in [4.69, 9.17) is 23.2 Å². The number of halogens is 2. The fourth-order valence-electron chi connectivity index (χ4n) is 4.32. The molecule has 2 aliphatic rings. The summed E-state index contributed by atoms with van der Waals surface area (Å²) in [7, 11) is 1.78. The van der Waals surface area contributed by atoms with E-state index in [0.717, 1.165) is 16.7 Å². The zero-order chi connectivity index (χ0) is 20.9. The van der Waals surface area contributed by atoms with E-state index in [1.165, 1.54) is 12.1 Å². The summed E-state index contributed by atoms with van der Waals surface area (Å²) in [6, 6.07) is 7.61. The number of nitro benzene ring substituents is 1. The zero-order valence-electron chi connectivity index (χ0n) is 15.6. The normalized spacial score (nSPS) is 20.1. The van der Waals surface area contributed by atoms with Crippen LogP contribution < -0.4 is 4.90 Å². The lowest BCUT2D eigenvalue weighted by Gasteiger charge is -2.29. The molecular formula is C20H19Cl2N3O4. The Hall–Kier alpha value is -2.19. The highest BCUT2D eigenvalue weighted by atomic mass is 35.5. The number of hydrogen-bond acceptors (Lipinski definition) is 5. The van der Waals surface area contributed by atoms with Gasteiger partial charge in [0.15, 0.2) is 0 Å². The fourth-order valence-corrected chi connectivity index (χ4v) is 4.91. The van der Waals surface area contributed by atoms with Crippen LogP contribution in [0.15, 0.2) is 30.3 Å². The Kier molecular flexibility index (Phi) is 5.25. The predicted molar refractivity (Wildman–Crippen MR) is 111 cm³/mol. The summed E-state index contributed by atoms with van der Waals surface area (Å²) in [6.07, 6.45) is 0.296. The van der Waals surface area contributed by atoms with Gasteiger partial charge in [-0.05, 0) is 48.4 Å². The van der Waals surface area contributed by atoms with Gasteiger partial charge >= 0.3 is 0 Å². The van der Waals surface area contributed by atoms with E-state index in [1.807, 2.05) is 0 Å². The lowest BCUT2D eigenvalue weighted by molar-refractivity contribution is -0.384. The monoisotopic (exact) mass is 435 g/mol. The molecule has 0 saturated heterocycles. The number of aliphatic hydroxyl groups is 1. The van der Waals surface area contributed by atoms with Crippen molar-refractivity contribution in [2.24, 2.45) is 0 Å². The van der Waals surface area contributed by atoms with E-state index in [-0.39, 0.29) is 24.2 Å². The Morgan fingerprint density at radius 1 is 1.34 bits per heavy atom. The molecule has 1 aliphatic heterocycles. The van der Waals surface area contributed by atoms with Crippen LogP contribution in [-0.2, 0) is 17.6 Å². The quantitative estimate of drug-likeness (QED) is 0.587. The molecule has 0 spiro atoms. The van der Waals surface area contributed by atoms with E-state index >= 15 is 0 Å². The minimum atomic E-state index is -0.688. The van der Waals surface area contributed by atoms with Gasteiger partial charge in [0.2, 0.25) is 5.91 Å². The van der Waals surface area contributed by atoms with Crippen LogP contribution in [0.2, 0.25) is 10.0 Å². The third-order valence-electron chi connectivity index (χ3n) is 5.62. The number of nitrogens with zero attached hydrogens (tertiary/aromatic N) is 3. The summed E-state index contributed by atoms with van der Waals surface area (Å²) in [5.41, 5.74) is 3.21. The number of nitro groups is 1. The van der Waals surface area contributed by atoms with Crippen molar-refractivity contribution in [3.05, 3.63) is 67.2 Å². The van der Waals surface area contributed by atoms with Crippen molar-refractivity contribution >= 4 is 40.5 Å². The summed E-state index contributed by atoms with van der Waals surface area (Å²) < 4.78 is 0. The molecule has 4 rings (SSSR count). The number of non-ortho nitro benzene ring substituents is 1. The third kappa shape index (κ3) is 3.59. The number of likely N-dealkylation sites (N-methyl/N-ethyl adjacent to an activating group) is 1. The number of amides is 1. The maximum absolute atomic E-state index is 13.0. The highest BCUT2D eigenvalue weighted by Gasteiger charge is 2.37. The molecule has 1 amide bonds. The Balaban J connectivity index is 1.53. The number of carbonyl (C=O) groups is 1. The van der Waals surface area contributed by atoms with Gasteiger partial charge in [0, 0.05) is 40.8 Å². The van der Waals surface area contributed by atoms with Crippen molar-refractivity contribution in [2.75, 3.05) is 25.0 Å². The zero-order valence-corrected chi connectivity index (χ0v) is 17.2. The SMILES string of the molecule is CN(CC(=O)N1CCc2cc([N+](=O)[O-])ccc21)C1c2cc(Cl)cc(Cl)c2CC1O. The molecule has 0 bridgehead atoms. The molecular weight excluding hydrogens is 417 g/mol. The second-order valence-corrected chi connectivity index (χ2v) is 8.30. The minimum Gasteiger partial charge on any atom is -0.391 e. The van der Waals surface area contributed by atoms with Crippen molar-refractivity contribution in [3.8, 4) is 0 Å². The van der Waals surface area contributed by atoms with Gasteiger partial charge in [0.05, 0.1) is 23.6 Å². The number of carbonyl (C=O) groups excluding carboxylic acids is 1. The van der Waals surface area contributed by atoms with E-state index < -0.39 is 11.0 Å². The molecule has 7 nitrogen and oxygen atoms in total. The molecule has 0 fully saturated rings. The van der Waals surface area contributed by atoms with Gasteiger partial charge in [-0.3, -0.25) is 19.8 Å². The van der Waals surface area contributed by atoms with Gasteiger partial charge < -0.3 is 10.0 Å². The van der Waals surface area contributed by atoms with Crippen molar-refractivity contribution < 1.29 is 14.8 Å². The summed E-state index contributed by atoms with van der Waals surface area (Å²) in [6.45, 7) is 0.562. The molecule has 0 aromatic heterocycles. The van der Waals surface area contributed by atoms with Crippen LogP contribution in [0, 0.1) is 10.1 Å². The van der Waals surface area contributed by atoms with Crippen LogP contribution in [0.1, 0.15) is 22.7 Å². The van der Waals surface area contributed by atoms with Gasteiger partial charge in [0.25, 0.3) is 5.69 Å². The molecule has 2 atom stereocenters. The maximum Gasteiger partial charge on any atom is 0.269 e. The molecule has 29 heavy (non-hydrogen) atoms. The highest BCUT2D eigenvalue weighted by molar-refractivity contribution is 6.35. The van der Waals surface area contributed by atoms with Crippen LogP contribution in [-0.4, -0.2) is 47.1 Å². The standard InChI is InChI=1S/C20H19Cl2N3O4/c1-23(20-15-7-12(21)8-16(22)14(15)9-18(20)26)10-19(27)24-5-4-11-6-13(25(28)29)2-3-17(11)24/h2-3,6-8,18,20,26H,4-5,9-10H2,1H3. The molecule has 2 aromatic carbocycles. The van der Waals surface area contributed by atoms with Crippen LogP contribution in [0.3, 0.4) is 0 Å². The van der Waals surface area contributed by atoms with Gasteiger partial charge in [0.1, 0.15) is 0 Å². The lowest BCUT2D eigenvalue weighted by atomic mass is 10.1. The number of aliphatic hydroxyl groups excluding tert-OH is 1. The average molecular weight is 436 g/mol. The molecule has 152 valence electrons. The number of benzene rings is 2. The fraction of sp³-hybridized carbons (Fsp3) is 0.350. The van der Waals surface area contributed by atoms with Crippen molar-refractivity contribution in [3.63, 3.8) is 0 Å². The highest BCUT2D eigenvalue weighted by Crippen LogP contribution is 2.41. The number of rotatable bonds is 4. The van der Waals surface area contributed by atoms with Crippen molar-refractivity contribution in [2.45, 2.75) is 25.0 Å². The first kappa shape index (κ1) is 20.1. The first-order chi connectivity index (χ1) is 13.8. The summed E-state index contributed by atoms with van der Waals surface area (Å²) >= 11 is 12.4. The van der Waals surface area contributed by atoms with Crippen LogP contribution in [0.25, 0.3) is 0 Å². The van der Waals surface area contributed by atoms with Gasteiger partial charge in [-0.1, -0.05) is 23.2 Å². The van der Waals surface area contributed by atoms with E-state index in [2.05, 4.69) is 0 Å². The van der Waals surface area contributed by atoms with Crippen LogP contribution in [0.4, 0.5) is 11.4 Å². The number of hydrogen-bond donors (Lipinski definition) is 1. The second-order valence-electron chi connectivity index (χ2n) is 7.45. The predicted octanol–water partition coefficient (Wildman–Crippen LogP) is 3.38. The smallest absolute Gasteiger partial charge is 0.269 e. The Bertz CT molecular complexity index is 1010. The van der Waals surface area contributed by atoms with E-state index in [1.54, 1.807) is 35.0 Å². The van der Waals surface area contributed by atoms with Crippen molar-refractivity contribution in [1.29, 1.82) is 0 Å². The van der Waals surface area contributed by atoms with E-state index in [9.17, 15) is 20.0 Å². The van der Waals surface area contributed by atoms with Gasteiger partial charge in [-0.2, -0.15) is 0 Å². The Morgan fingerprint density at radius 2 is 2.10 bits per heavy atom. The second kappa shape index (κ2) is 7.57.